The Labute approximate surface area is 130 Å². The normalized spacial score (nSPS) is 10.9. The number of ketones is 1. The first-order valence-corrected chi connectivity index (χ1v) is 8.53. The number of rotatable bonds is 4. The van der Waals surface area contributed by atoms with E-state index in [-0.39, 0.29) is 17.9 Å². The first kappa shape index (κ1) is 14.1. The fourth-order valence-corrected chi connectivity index (χ4v) is 3.33. The number of carbonyl (C=O) groups is 1. The van der Waals surface area contributed by atoms with Gasteiger partial charge in [-0.3, -0.25) is 9.59 Å². The van der Waals surface area contributed by atoms with Crippen molar-refractivity contribution in [2.24, 2.45) is 0 Å². The van der Waals surface area contributed by atoms with Gasteiger partial charge in [0.1, 0.15) is 0 Å². The molecule has 106 valence electrons. The summed E-state index contributed by atoms with van der Waals surface area (Å²) in [6.07, 6.45) is 3.68. The van der Waals surface area contributed by atoms with Crippen molar-refractivity contribution in [2.45, 2.75) is 11.4 Å². The van der Waals surface area contributed by atoms with E-state index in [0.29, 0.717) is 10.9 Å². The molecule has 3 nitrogen and oxygen atoms in total. The second-order valence-corrected chi connectivity index (χ2v) is 6.43. The molecule has 0 amide bonds. The molecule has 1 aromatic carbocycles. The lowest BCUT2D eigenvalue weighted by Gasteiger charge is -2.06. The molecular weight excluding hydrogens is 302 g/mol. The van der Waals surface area contributed by atoms with E-state index in [2.05, 4.69) is 0 Å². The average molecular weight is 315 g/mol. The number of fused-ring (bicyclic) bond motifs is 1. The summed E-state index contributed by atoms with van der Waals surface area (Å²) in [5, 5.41) is 2.56. The van der Waals surface area contributed by atoms with Crippen molar-refractivity contribution in [3.05, 3.63) is 63.9 Å². The fourth-order valence-electron chi connectivity index (χ4n) is 2.15. The second-order valence-electron chi connectivity index (χ2n) is 4.60. The number of thiophene rings is 1. The van der Waals surface area contributed by atoms with Gasteiger partial charge in [-0.1, -0.05) is 12.1 Å². The van der Waals surface area contributed by atoms with E-state index in [1.165, 1.54) is 15.9 Å². The molecule has 2 heterocycles. The number of carbonyl (C=O) groups excluding carboxylic acids is 1. The molecule has 21 heavy (non-hydrogen) atoms. The summed E-state index contributed by atoms with van der Waals surface area (Å²) in [6, 6.07) is 11.1. The van der Waals surface area contributed by atoms with Crippen LogP contribution in [0.2, 0.25) is 0 Å². The maximum absolute atomic E-state index is 12.3. The standard InChI is InChI=1S/C16H13NO2S2/c1-20-12-4-2-11(3-5-12)14(18)10-17-8-6-15-13(16(17)19)7-9-21-15/h2-9H,10H2,1H3. The van der Waals surface area contributed by atoms with E-state index in [0.717, 1.165) is 9.60 Å². The Morgan fingerprint density at radius 2 is 1.95 bits per heavy atom. The van der Waals surface area contributed by atoms with Crippen LogP contribution in [0.25, 0.3) is 10.1 Å². The number of hydrogen-bond donors (Lipinski definition) is 0. The van der Waals surface area contributed by atoms with Gasteiger partial charge in [-0.05, 0) is 35.9 Å². The quantitative estimate of drug-likeness (QED) is 0.545. The molecule has 3 aromatic rings. The Balaban J connectivity index is 1.88. The van der Waals surface area contributed by atoms with Gasteiger partial charge >= 0.3 is 0 Å². The fraction of sp³-hybridized carbons (Fsp3) is 0.125. The number of benzene rings is 1. The molecule has 0 radical (unpaired) electrons. The van der Waals surface area contributed by atoms with Crippen molar-refractivity contribution in [3.63, 3.8) is 0 Å². The minimum Gasteiger partial charge on any atom is -0.307 e. The summed E-state index contributed by atoms with van der Waals surface area (Å²) in [5.41, 5.74) is 0.521. The highest BCUT2D eigenvalue weighted by atomic mass is 32.2. The second kappa shape index (κ2) is 5.87. The predicted molar refractivity (Wildman–Crippen MR) is 88.6 cm³/mol. The molecule has 0 fully saturated rings. The number of Topliss-reactive ketones (excluding diaryl/α,β-unsaturated/α-hetero) is 1. The van der Waals surface area contributed by atoms with Crippen molar-refractivity contribution < 1.29 is 4.79 Å². The van der Waals surface area contributed by atoms with Crippen LogP contribution in [0, 0.1) is 0 Å². The van der Waals surface area contributed by atoms with Crippen LogP contribution < -0.4 is 5.56 Å². The summed E-state index contributed by atoms with van der Waals surface area (Å²) in [7, 11) is 0. The third-order valence-corrected chi connectivity index (χ3v) is 4.94. The highest BCUT2D eigenvalue weighted by Crippen LogP contribution is 2.17. The molecule has 5 heteroatoms. The molecule has 0 aliphatic carbocycles. The Hall–Kier alpha value is -1.85. The van der Waals surface area contributed by atoms with Crippen molar-refractivity contribution in [1.82, 2.24) is 4.57 Å². The Kier molecular flexibility index (Phi) is 3.94. The zero-order valence-electron chi connectivity index (χ0n) is 11.4. The lowest BCUT2D eigenvalue weighted by Crippen LogP contribution is -2.23. The maximum Gasteiger partial charge on any atom is 0.259 e. The van der Waals surface area contributed by atoms with Crippen molar-refractivity contribution in [2.75, 3.05) is 6.26 Å². The van der Waals surface area contributed by atoms with Gasteiger partial charge in [0.25, 0.3) is 5.56 Å². The van der Waals surface area contributed by atoms with Gasteiger partial charge in [0, 0.05) is 21.4 Å². The van der Waals surface area contributed by atoms with Gasteiger partial charge in [-0.25, -0.2) is 0 Å². The lowest BCUT2D eigenvalue weighted by atomic mass is 10.1. The number of hydrogen-bond acceptors (Lipinski definition) is 4. The average Bonchev–Trinajstić information content (AvgIpc) is 2.99. The zero-order chi connectivity index (χ0) is 14.8. The number of thioether (sulfide) groups is 1. The van der Waals surface area contributed by atoms with Crippen LogP contribution in [-0.2, 0) is 6.54 Å². The first-order chi connectivity index (χ1) is 10.2. The van der Waals surface area contributed by atoms with Gasteiger partial charge in [0.15, 0.2) is 5.78 Å². The number of pyridine rings is 1. The van der Waals surface area contributed by atoms with E-state index in [1.54, 1.807) is 24.0 Å². The smallest absolute Gasteiger partial charge is 0.259 e. The Bertz CT molecular complexity index is 847. The Morgan fingerprint density at radius 1 is 1.19 bits per heavy atom. The van der Waals surface area contributed by atoms with Crippen LogP contribution in [-0.4, -0.2) is 16.6 Å². The molecule has 0 aliphatic rings. The van der Waals surface area contributed by atoms with Gasteiger partial charge in [-0.2, -0.15) is 0 Å². The highest BCUT2D eigenvalue weighted by Gasteiger charge is 2.10. The van der Waals surface area contributed by atoms with Crippen LogP contribution in [0.1, 0.15) is 10.4 Å². The molecule has 0 unspecified atom stereocenters. The largest absolute Gasteiger partial charge is 0.307 e. The van der Waals surface area contributed by atoms with Crippen molar-refractivity contribution >= 4 is 39.0 Å². The predicted octanol–water partition coefficient (Wildman–Crippen LogP) is 3.67. The molecule has 0 bridgehead atoms. The third-order valence-electron chi connectivity index (χ3n) is 3.32. The first-order valence-electron chi connectivity index (χ1n) is 6.43. The van der Waals surface area contributed by atoms with Crippen LogP contribution in [0.3, 0.4) is 0 Å². The van der Waals surface area contributed by atoms with E-state index in [4.69, 9.17) is 0 Å². The molecule has 0 saturated heterocycles. The third kappa shape index (κ3) is 2.80. The molecule has 2 aromatic heterocycles. The summed E-state index contributed by atoms with van der Waals surface area (Å²) >= 11 is 3.16. The van der Waals surface area contributed by atoms with Gasteiger partial charge in [-0.15, -0.1) is 23.1 Å². The Morgan fingerprint density at radius 3 is 2.67 bits per heavy atom. The number of aromatic nitrogens is 1. The van der Waals surface area contributed by atoms with Gasteiger partial charge in [0.2, 0.25) is 0 Å². The molecule has 0 N–H and O–H groups in total. The summed E-state index contributed by atoms with van der Waals surface area (Å²) in [5.74, 6) is -0.0562. The minimum atomic E-state index is -0.108. The van der Waals surface area contributed by atoms with Gasteiger partial charge < -0.3 is 4.57 Å². The SMILES string of the molecule is CSc1ccc(C(=O)Cn2ccc3sccc3c2=O)cc1. The summed E-state index contributed by atoms with van der Waals surface area (Å²) < 4.78 is 2.42. The zero-order valence-corrected chi connectivity index (χ0v) is 13.0. The summed E-state index contributed by atoms with van der Waals surface area (Å²) in [6.45, 7) is 0.0727. The van der Waals surface area contributed by atoms with E-state index < -0.39 is 0 Å². The van der Waals surface area contributed by atoms with E-state index in [1.807, 2.05) is 42.0 Å². The van der Waals surface area contributed by atoms with Gasteiger partial charge in [0.05, 0.1) is 11.9 Å². The van der Waals surface area contributed by atoms with Crippen molar-refractivity contribution in [1.29, 1.82) is 0 Å². The molecule has 0 saturated carbocycles. The van der Waals surface area contributed by atoms with E-state index in [9.17, 15) is 9.59 Å². The van der Waals surface area contributed by atoms with E-state index >= 15 is 0 Å². The molecule has 0 atom stereocenters. The molecule has 0 spiro atoms. The molecular formula is C16H13NO2S2. The monoisotopic (exact) mass is 315 g/mol. The molecule has 3 rings (SSSR count). The minimum absolute atomic E-state index is 0.0562. The topological polar surface area (TPSA) is 39.1 Å². The highest BCUT2D eigenvalue weighted by molar-refractivity contribution is 7.98. The van der Waals surface area contributed by atoms with Crippen LogP contribution in [0.4, 0.5) is 0 Å². The van der Waals surface area contributed by atoms with Crippen LogP contribution in [0.5, 0.6) is 0 Å². The summed E-state index contributed by atoms with van der Waals surface area (Å²) in [4.78, 5) is 25.7. The molecule has 0 aliphatic heterocycles. The van der Waals surface area contributed by atoms with Crippen molar-refractivity contribution in [3.8, 4) is 0 Å². The van der Waals surface area contributed by atoms with Crippen LogP contribution >= 0.6 is 23.1 Å². The maximum atomic E-state index is 12.3. The van der Waals surface area contributed by atoms with Crippen LogP contribution in [0.15, 0.2) is 57.7 Å². The number of nitrogens with zero attached hydrogens (tertiary/aromatic N) is 1. The lowest BCUT2D eigenvalue weighted by molar-refractivity contribution is 0.0971.